The number of nitrogens with one attached hydrogen (secondary N) is 1. The van der Waals surface area contributed by atoms with Crippen molar-refractivity contribution in [2.45, 2.75) is 0 Å². The van der Waals surface area contributed by atoms with Gasteiger partial charge in [0.05, 0.1) is 18.1 Å². The summed E-state index contributed by atoms with van der Waals surface area (Å²) in [6.45, 7) is 3.36. The summed E-state index contributed by atoms with van der Waals surface area (Å²) >= 11 is 0. The Balaban J connectivity index is 1.87. The minimum absolute atomic E-state index is 0.0313. The van der Waals surface area contributed by atoms with E-state index in [1.807, 2.05) is 0 Å². The van der Waals surface area contributed by atoms with Crippen molar-refractivity contribution in [3.63, 3.8) is 0 Å². The Kier molecular flexibility index (Phi) is 8.13. The monoisotopic (exact) mass is 412 g/mol. The van der Waals surface area contributed by atoms with Crippen molar-refractivity contribution in [1.29, 1.82) is 0 Å². The highest BCUT2D eigenvalue weighted by atomic mass is 16.6. The number of anilines is 1. The van der Waals surface area contributed by atoms with E-state index in [0.29, 0.717) is 12.4 Å². The van der Waals surface area contributed by atoms with Gasteiger partial charge in [0, 0.05) is 6.08 Å². The van der Waals surface area contributed by atoms with Crippen LogP contribution in [0.3, 0.4) is 0 Å². The van der Waals surface area contributed by atoms with Crippen LogP contribution in [0.25, 0.3) is 6.08 Å². The molecule has 9 nitrogen and oxygen atoms in total. The van der Waals surface area contributed by atoms with Crippen molar-refractivity contribution in [3.8, 4) is 11.5 Å². The van der Waals surface area contributed by atoms with Crippen LogP contribution < -0.4 is 14.8 Å². The molecule has 2 aromatic carbocycles. The molecule has 1 N–H and O–H groups in total. The number of ether oxygens (including phenoxy) is 3. The van der Waals surface area contributed by atoms with Crippen molar-refractivity contribution in [2.24, 2.45) is 0 Å². The van der Waals surface area contributed by atoms with E-state index in [1.165, 1.54) is 37.5 Å². The Morgan fingerprint density at radius 1 is 1.17 bits per heavy atom. The van der Waals surface area contributed by atoms with Crippen LogP contribution in [0.5, 0.6) is 11.5 Å². The quantitative estimate of drug-likeness (QED) is 0.209. The van der Waals surface area contributed by atoms with Gasteiger partial charge in [-0.1, -0.05) is 24.8 Å². The van der Waals surface area contributed by atoms with Crippen LogP contribution in [0, 0.1) is 10.1 Å². The second-order valence-corrected chi connectivity index (χ2v) is 5.80. The molecule has 0 aromatic heterocycles. The first-order valence-electron chi connectivity index (χ1n) is 8.74. The number of rotatable bonds is 10. The molecule has 0 radical (unpaired) electrons. The fraction of sp³-hybridized carbons (Fsp3) is 0.143. The highest BCUT2D eigenvalue weighted by Crippen LogP contribution is 2.28. The van der Waals surface area contributed by atoms with Crippen molar-refractivity contribution < 1.29 is 28.7 Å². The molecule has 0 aliphatic rings. The lowest BCUT2D eigenvalue weighted by atomic mass is 10.2. The molecule has 0 spiro atoms. The molecule has 0 aliphatic carbocycles. The number of esters is 1. The van der Waals surface area contributed by atoms with Crippen molar-refractivity contribution >= 4 is 29.3 Å². The van der Waals surface area contributed by atoms with Crippen LogP contribution in [-0.2, 0) is 14.3 Å². The van der Waals surface area contributed by atoms with Gasteiger partial charge in [-0.25, -0.2) is 4.79 Å². The van der Waals surface area contributed by atoms with Gasteiger partial charge in [-0.05, 0) is 35.9 Å². The zero-order valence-corrected chi connectivity index (χ0v) is 16.2. The first kappa shape index (κ1) is 22.2. The van der Waals surface area contributed by atoms with Crippen LogP contribution >= 0.6 is 0 Å². The second-order valence-electron chi connectivity index (χ2n) is 5.80. The van der Waals surface area contributed by atoms with E-state index in [0.717, 1.165) is 5.56 Å². The van der Waals surface area contributed by atoms with Crippen LogP contribution in [0.15, 0.2) is 61.2 Å². The Bertz CT molecular complexity index is 952. The van der Waals surface area contributed by atoms with Gasteiger partial charge < -0.3 is 19.5 Å². The number of hydrogen-bond donors (Lipinski definition) is 1. The lowest BCUT2D eigenvalue weighted by Crippen LogP contribution is -2.20. The number of nitro groups is 1. The third-order valence-electron chi connectivity index (χ3n) is 3.68. The molecule has 2 rings (SSSR count). The Morgan fingerprint density at radius 2 is 1.87 bits per heavy atom. The fourth-order valence-corrected chi connectivity index (χ4v) is 2.26. The molecule has 156 valence electrons. The molecule has 2 aromatic rings. The highest BCUT2D eigenvalue weighted by molar-refractivity contribution is 5.96. The maximum atomic E-state index is 12.0. The molecule has 0 aliphatic heterocycles. The van der Waals surface area contributed by atoms with Crippen molar-refractivity contribution in [3.05, 3.63) is 76.9 Å². The van der Waals surface area contributed by atoms with E-state index < -0.39 is 23.4 Å². The van der Waals surface area contributed by atoms with Crippen molar-refractivity contribution in [1.82, 2.24) is 0 Å². The Hall–Kier alpha value is -4.14. The summed E-state index contributed by atoms with van der Waals surface area (Å²) in [4.78, 5) is 34.2. The van der Waals surface area contributed by atoms with Crippen molar-refractivity contribution in [2.75, 3.05) is 25.6 Å². The number of amides is 1. The number of methoxy groups -OCH3 is 1. The summed E-state index contributed by atoms with van der Waals surface area (Å²) in [7, 11) is 1.37. The Labute approximate surface area is 172 Å². The largest absolute Gasteiger partial charge is 0.496 e. The van der Waals surface area contributed by atoms with Gasteiger partial charge in [0.15, 0.2) is 6.61 Å². The van der Waals surface area contributed by atoms with Gasteiger partial charge >= 0.3 is 5.97 Å². The molecule has 0 atom stereocenters. The fourth-order valence-electron chi connectivity index (χ4n) is 2.26. The zero-order valence-electron chi connectivity index (χ0n) is 16.2. The van der Waals surface area contributed by atoms with Gasteiger partial charge in [-0.15, -0.1) is 0 Å². The zero-order chi connectivity index (χ0) is 21.9. The number of carbonyl (C=O) groups excluding carboxylic acids is 2. The molecule has 0 unspecified atom stereocenters. The van der Waals surface area contributed by atoms with Gasteiger partial charge in [0.25, 0.3) is 11.6 Å². The number of nitro benzene ring substituents is 1. The van der Waals surface area contributed by atoms with E-state index in [4.69, 9.17) is 14.2 Å². The van der Waals surface area contributed by atoms with Crippen LogP contribution in [0.4, 0.5) is 11.4 Å². The molecule has 1 amide bonds. The summed E-state index contributed by atoms with van der Waals surface area (Å²) in [6, 6.07) is 10.9. The number of nitrogens with zero attached hydrogens (tertiary/aromatic N) is 1. The standard InChI is InChI=1S/C21H20N2O7/c1-3-12-29-16-7-4-15(5-8-16)6-11-21(25)30-14-20(24)22-18-10-9-17(28-2)13-19(18)23(26)27/h3-11,13H,1,12,14H2,2H3,(H,22,24)/b11-6+. The van der Waals surface area contributed by atoms with Gasteiger partial charge in [-0.2, -0.15) is 0 Å². The third-order valence-corrected chi connectivity index (χ3v) is 3.68. The minimum atomic E-state index is -0.735. The van der Waals surface area contributed by atoms with Crippen LogP contribution in [0.2, 0.25) is 0 Å². The SMILES string of the molecule is C=CCOc1ccc(/C=C/C(=O)OCC(=O)Nc2ccc(OC)cc2[N+](=O)[O-])cc1. The van der Waals surface area contributed by atoms with E-state index in [2.05, 4.69) is 11.9 Å². The second kappa shape index (κ2) is 11.0. The van der Waals surface area contributed by atoms with E-state index >= 15 is 0 Å². The average Bonchev–Trinajstić information content (AvgIpc) is 2.75. The summed E-state index contributed by atoms with van der Waals surface area (Å²) in [6.07, 6.45) is 4.32. The summed E-state index contributed by atoms with van der Waals surface area (Å²) < 4.78 is 15.1. The molecule has 30 heavy (non-hydrogen) atoms. The molecule has 0 saturated carbocycles. The molecular formula is C21H20N2O7. The average molecular weight is 412 g/mol. The predicted octanol–water partition coefficient (Wildman–Crippen LogP) is 3.36. The number of hydrogen-bond acceptors (Lipinski definition) is 7. The first-order valence-corrected chi connectivity index (χ1v) is 8.74. The molecule has 0 heterocycles. The predicted molar refractivity (Wildman–Crippen MR) is 110 cm³/mol. The van der Waals surface area contributed by atoms with Gasteiger partial charge in [0.2, 0.25) is 0 Å². The summed E-state index contributed by atoms with van der Waals surface area (Å²) in [5.74, 6) is -0.509. The van der Waals surface area contributed by atoms with Gasteiger partial charge in [-0.3, -0.25) is 14.9 Å². The van der Waals surface area contributed by atoms with Gasteiger partial charge in [0.1, 0.15) is 23.8 Å². The number of benzene rings is 2. The molecule has 0 fully saturated rings. The van der Waals surface area contributed by atoms with E-state index in [1.54, 1.807) is 30.3 Å². The highest BCUT2D eigenvalue weighted by Gasteiger charge is 2.17. The lowest BCUT2D eigenvalue weighted by Gasteiger charge is -2.07. The summed E-state index contributed by atoms with van der Waals surface area (Å²) in [5.41, 5.74) is 0.363. The third kappa shape index (κ3) is 6.79. The molecule has 0 bridgehead atoms. The van der Waals surface area contributed by atoms with Crippen LogP contribution in [0.1, 0.15) is 5.56 Å². The van der Waals surface area contributed by atoms with E-state index in [-0.39, 0.29) is 17.1 Å². The molecule has 9 heteroatoms. The molecule has 0 saturated heterocycles. The summed E-state index contributed by atoms with van der Waals surface area (Å²) in [5, 5.41) is 13.5. The topological polar surface area (TPSA) is 117 Å². The lowest BCUT2D eigenvalue weighted by molar-refractivity contribution is -0.384. The minimum Gasteiger partial charge on any atom is -0.496 e. The normalized spacial score (nSPS) is 10.3. The maximum absolute atomic E-state index is 12.0. The molecular weight excluding hydrogens is 392 g/mol. The smallest absolute Gasteiger partial charge is 0.331 e. The van der Waals surface area contributed by atoms with Crippen LogP contribution in [-0.4, -0.2) is 37.1 Å². The number of carbonyl (C=O) groups is 2. The first-order chi connectivity index (χ1) is 14.4. The maximum Gasteiger partial charge on any atom is 0.331 e. The van der Waals surface area contributed by atoms with E-state index in [9.17, 15) is 19.7 Å². The Morgan fingerprint density at radius 3 is 2.50 bits per heavy atom.